The third-order valence-corrected chi connectivity index (χ3v) is 4.25. The van der Waals surface area contributed by atoms with Gasteiger partial charge in [0.1, 0.15) is 12.1 Å². The largest absolute Gasteiger partial charge is 0.454 e. The molecule has 6 heteroatoms. The summed E-state index contributed by atoms with van der Waals surface area (Å²) < 4.78 is 11.0. The van der Waals surface area contributed by atoms with Gasteiger partial charge in [-0.15, -0.1) is 0 Å². The lowest BCUT2D eigenvalue weighted by molar-refractivity contribution is -0.125. The van der Waals surface area contributed by atoms with E-state index in [9.17, 15) is 9.59 Å². The molecule has 0 aromatic heterocycles. The molecule has 0 N–H and O–H groups in total. The summed E-state index contributed by atoms with van der Waals surface area (Å²) in [6, 6.07) is 11.2. The number of hydrogen-bond acceptors (Lipinski definition) is 4. The number of fused-ring (bicyclic) bond motifs is 3. The van der Waals surface area contributed by atoms with Gasteiger partial charge >= 0.3 is 0 Å². The van der Waals surface area contributed by atoms with E-state index in [4.69, 9.17) is 9.47 Å². The van der Waals surface area contributed by atoms with E-state index in [0.29, 0.717) is 22.9 Å². The van der Waals surface area contributed by atoms with E-state index in [-0.39, 0.29) is 25.0 Å². The topological polar surface area (TPSA) is 59.1 Å². The molecule has 2 heterocycles. The van der Waals surface area contributed by atoms with Crippen molar-refractivity contribution in [3.8, 4) is 11.5 Å². The minimum atomic E-state index is -0.277. The Balaban J connectivity index is 1.97. The maximum atomic E-state index is 12.8. The summed E-state index contributed by atoms with van der Waals surface area (Å²) in [5.74, 6) is 0.526. The highest BCUT2D eigenvalue weighted by Crippen LogP contribution is 2.49. The first-order chi connectivity index (χ1) is 11.6. The van der Waals surface area contributed by atoms with Gasteiger partial charge in [0.25, 0.3) is 0 Å². The third-order valence-electron chi connectivity index (χ3n) is 4.25. The van der Waals surface area contributed by atoms with Crippen LogP contribution in [0.1, 0.15) is 12.0 Å². The predicted molar refractivity (Wildman–Crippen MR) is 88.9 cm³/mol. The fraction of sp³-hybridized carbons (Fsp3) is 0.222. The Bertz CT molecular complexity index is 862. The molecule has 2 aromatic rings. The van der Waals surface area contributed by atoms with Gasteiger partial charge in [-0.05, 0) is 36.8 Å². The van der Waals surface area contributed by atoms with E-state index in [1.165, 1.54) is 4.90 Å². The summed E-state index contributed by atoms with van der Waals surface area (Å²) in [4.78, 5) is 28.2. The number of carbonyl (C=O) groups is 2. The predicted octanol–water partition coefficient (Wildman–Crippen LogP) is 2.75. The van der Waals surface area contributed by atoms with Crippen molar-refractivity contribution in [1.82, 2.24) is 0 Å². The standard InChI is InChI=1S/C18H16N2O4/c1-11-4-3-5-12(8-11)20-13-6-7-14-18(24-10-23-14)17(13)19(2)15(21)9-16(20)22/h3-8H,9-10H2,1-2H3. The first kappa shape index (κ1) is 14.6. The second-order valence-electron chi connectivity index (χ2n) is 5.86. The molecule has 0 saturated carbocycles. The van der Waals surface area contributed by atoms with Crippen molar-refractivity contribution in [2.45, 2.75) is 13.3 Å². The molecular weight excluding hydrogens is 308 g/mol. The smallest absolute Gasteiger partial charge is 0.241 e. The normalized spacial score (nSPS) is 16.2. The van der Waals surface area contributed by atoms with Gasteiger partial charge < -0.3 is 14.4 Å². The van der Waals surface area contributed by atoms with Gasteiger partial charge in [-0.3, -0.25) is 14.5 Å². The quantitative estimate of drug-likeness (QED) is 0.757. The number of rotatable bonds is 1. The number of nitrogens with zero attached hydrogens (tertiary/aromatic N) is 2. The first-order valence-corrected chi connectivity index (χ1v) is 7.65. The molecule has 2 aliphatic heterocycles. The van der Waals surface area contributed by atoms with E-state index in [1.807, 2.05) is 31.2 Å². The maximum absolute atomic E-state index is 12.8. The SMILES string of the molecule is Cc1cccc(N2C(=O)CC(=O)N(C)c3c2ccc2c3OCO2)c1. The van der Waals surface area contributed by atoms with Crippen molar-refractivity contribution in [2.75, 3.05) is 23.6 Å². The zero-order valence-corrected chi connectivity index (χ0v) is 13.4. The Morgan fingerprint density at radius 3 is 2.67 bits per heavy atom. The molecule has 0 aliphatic carbocycles. The molecule has 4 rings (SSSR count). The zero-order valence-electron chi connectivity index (χ0n) is 13.4. The van der Waals surface area contributed by atoms with Gasteiger partial charge in [-0.2, -0.15) is 0 Å². The second kappa shape index (κ2) is 5.26. The van der Waals surface area contributed by atoms with E-state index in [1.54, 1.807) is 24.1 Å². The summed E-state index contributed by atoms with van der Waals surface area (Å²) in [6.45, 7) is 2.07. The number of anilines is 3. The molecule has 122 valence electrons. The van der Waals surface area contributed by atoms with Crippen LogP contribution in [-0.4, -0.2) is 25.7 Å². The van der Waals surface area contributed by atoms with Crippen LogP contribution in [0.25, 0.3) is 0 Å². The Hall–Kier alpha value is -3.02. The van der Waals surface area contributed by atoms with Crippen molar-refractivity contribution in [3.05, 3.63) is 42.0 Å². The van der Waals surface area contributed by atoms with Crippen LogP contribution >= 0.6 is 0 Å². The molecule has 24 heavy (non-hydrogen) atoms. The summed E-state index contributed by atoms with van der Waals surface area (Å²) in [6.07, 6.45) is -0.200. The van der Waals surface area contributed by atoms with Crippen LogP contribution in [-0.2, 0) is 9.59 Å². The molecule has 6 nitrogen and oxygen atoms in total. The van der Waals surface area contributed by atoms with E-state index >= 15 is 0 Å². The first-order valence-electron chi connectivity index (χ1n) is 7.65. The van der Waals surface area contributed by atoms with Gasteiger partial charge in [0.2, 0.25) is 18.6 Å². The van der Waals surface area contributed by atoms with Crippen LogP contribution in [0.3, 0.4) is 0 Å². The number of amides is 2. The average Bonchev–Trinajstić information content (AvgIpc) is 2.99. The van der Waals surface area contributed by atoms with Crippen LogP contribution in [0.5, 0.6) is 11.5 Å². The van der Waals surface area contributed by atoms with Crippen LogP contribution in [0.2, 0.25) is 0 Å². The molecule has 0 fully saturated rings. The third kappa shape index (κ3) is 2.11. The molecule has 0 saturated heterocycles. The molecule has 0 unspecified atom stereocenters. The highest BCUT2D eigenvalue weighted by atomic mass is 16.7. The summed E-state index contributed by atoms with van der Waals surface area (Å²) >= 11 is 0. The molecule has 0 bridgehead atoms. The van der Waals surface area contributed by atoms with E-state index in [2.05, 4.69) is 0 Å². The van der Waals surface area contributed by atoms with Gasteiger partial charge in [0.05, 0.1) is 5.69 Å². The second-order valence-corrected chi connectivity index (χ2v) is 5.86. The van der Waals surface area contributed by atoms with Crippen LogP contribution < -0.4 is 19.3 Å². The lowest BCUT2D eigenvalue weighted by atomic mass is 10.1. The molecule has 2 amide bonds. The summed E-state index contributed by atoms with van der Waals surface area (Å²) in [7, 11) is 1.65. The van der Waals surface area contributed by atoms with Crippen molar-refractivity contribution in [3.63, 3.8) is 0 Å². The Morgan fingerprint density at radius 1 is 1.04 bits per heavy atom. The average molecular weight is 324 g/mol. The van der Waals surface area contributed by atoms with Gasteiger partial charge in [-0.1, -0.05) is 12.1 Å². The Kier molecular flexibility index (Phi) is 3.19. The Morgan fingerprint density at radius 2 is 1.88 bits per heavy atom. The molecule has 0 atom stereocenters. The van der Waals surface area contributed by atoms with Crippen LogP contribution in [0.15, 0.2) is 36.4 Å². The lowest BCUT2D eigenvalue weighted by Gasteiger charge is -2.25. The maximum Gasteiger partial charge on any atom is 0.241 e. The molecule has 0 radical (unpaired) electrons. The zero-order chi connectivity index (χ0) is 16.8. The van der Waals surface area contributed by atoms with Crippen molar-refractivity contribution in [1.29, 1.82) is 0 Å². The van der Waals surface area contributed by atoms with Crippen LogP contribution in [0, 0.1) is 6.92 Å². The minimum Gasteiger partial charge on any atom is -0.454 e. The Labute approximate surface area is 139 Å². The number of hydrogen-bond donors (Lipinski definition) is 0. The van der Waals surface area contributed by atoms with Crippen LogP contribution in [0.4, 0.5) is 17.1 Å². The molecule has 0 spiro atoms. The highest BCUT2D eigenvalue weighted by Gasteiger charge is 2.35. The number of aryl methyl sites for hydroxylation is 1. The van der Waals surface area contributed by atoms with Crippen molar-refractivity contribution < 1.29 is 19.1 Å². The van der Waals surface area contributed by atoms with Gasteiger partial charge in [0, 0.05) is 12.7 Å². The molecular formula is C18H16N2O4. The monoisotopic (exact) mass is 324 g/mol. The van der Waals surface area contributed by atoms with E-state index in [0.717, 1.165) is 11.3 Å². The lowest BCUT2D eigenvalue weighted by Crippen LogP contribution is -2.28. The fourth-order valence-corrected chi connectivity index (χ4v) is 3.09. The van der Waals surface area contributed by atoms with Crippen molar-refractivity contribution >= 4 is 28.9 Å². The van der Waals surface area contributed by atoms with Gasteiger partial charge in [-0.25, -0.2) is 0 Å². The fourth-order valence-electron chi connectivity index (χ4n) is 3.09. The number of carbonyl (C=O) groups excluding carboxylic acids is 2. The summed E-state index contributed by atoms with van der Waals surface area (Å²) in [5.41, 5.74) is 2.93. The molecule has 2 aromatic carbocycles. The number of ether oxygens (including phenoxy) is 2. The van der Waals surface area contributed by atoms with Gasteiger partial charge in [0.15, 0.2) is 11.5 Å². The minimum absolute atomic E-state index is 0.103. The number of benzene rings is 2. The summed E-state index contributed by atoms with van der Waals surface area (Å²) in [5, 5.41) is 0. The highest BCUT2D eigenvalue weighted by molar-refractivity contribution is 6.19. The van der Waals surface area contributed by atoms with Crippen molar-refractivity contribution in [2.24, 2.45) is 0 Å². The van der Waals surface area contributed by atoms with E-state index < -0.39 is 0 Å². The molecule has 2 aliphatic rings.